The van der Waals surface area contributed by atoms with Gasteiger partial charge in [0.25, 0.3) is 0 Å². The molecule has 2 N–H and O–H groups in total. The number of aryl methyl sites for hydroxylation is 1. The largest absolute Gasteiger partial charge is 0.465 e. The quantitative estimate of drug-likeness (QED) is 0.780. The lowest BCUT2D eigenvalue weighted by Crippen LogP contribution is -2.22. The van der Waals surface area contributed by atoms with Gasteiger partial charge in [-0.05, 0) is 42.8 Å². The highest BCUT2D eigenvalue weighted by atomic mass is 35.5. The Bertz CT molecular complexity index is 778. The fraction of sp³-hybridized carbons (Fsp3) is 0.176. The van der Waals surface area contributed by atoms with Crippen LogP contribution in [0, 0.1) is 6.92 Å². The van der Waals surface area contributed by atoms with Crippen molar-refractivity contribution in [3.05, 3.63) is 57.6 Å². The summed E-state index contributed by atoms with van der Waals surface area (Å²) in [5, 5.41) is 6.61. The third kappa shape index (κ3) is 4.63. The Morgan fingerprint density at radius 2 is 1.83 bits per heavy atom. The van der Waals surface area contributed by atoms with E-state index in [2.05, 4.69) is 15.4 Å². The number of anilines is 2. The maximum atomic E-state index is 12.1. The number of methoxy groups -OCH3 is 1. The zero-order chi connectivity index (χ0) is 17.7. The molecule has 2 rings (SSSR count). The zero-order valence-electron chi connectivity index (χ0n) is 13.2. The molecule has 0 unspecified atom stereocenters. The van der Waals surface area contributed by atoms with Crippen LogP contribution in [0.4, 0.5) is 11.4 Å². The van der Waals surface area contributed by atoms with Crippen molar-refractivity contribution in [1.82, 2.24) is 0 Å². The molecule has 2 aromatic carbocycles. The van der Waals surface area contributed by atoms with Gasteiger partial charge < -0.3 is 15.4 Å². The molecule has 0 fully saturated rings. The third-order valence-corrected chi connectivity index (χ3v) is 3.87. The summed E-state index contributed by atoms with van der Waals surface area (Å²) in [7, 11) is 1.30. The van der Waals surface area contributed by atoms with Crippen LogP contribution < -0.4 is 10.6 Å². The molecule has 0 spiro atoms. The van der Waals surface area contributed by atoms with Crippen LogP contribution in [0.25, 0.3) is 0 Å². The molecule has 0 radical (unpaired) electrons. The maximum Gasteiger partial charge on any atom is 0.337 e. The highest BCUT2D eigenvalue weighted by Crippen LogP contribution is 2.24. The van der Waals surface area contributed by atoms with E-state index < -0.39 is 5.97 Å². The maximum absolute atomic E-state index is 12.1. The number of ether oxygens (including phenoxy) is 1. The van der Waals surface area contributed by atoms with E-state index in [0.717, 1.165) is 5.56 Å². The van der Waals surface area contributed by atoms with Crippen LogP contribution >= 0.6 is 23.2 Å². The molecule has 0 heterocycles. The second-order valence-electron chi connectivity index (χ2n) is 5.05. The molecule has 2 aromatic rings. The average Bonchev–Trinajstić information content (AvgIpc) is 2.56. The van der Waals surface area contributed by atoms with E-state index in [4.69, 9.17) is 23.2 Å². The van der Waals surface area contributed by atoms with Crippen molar-refractivity contribution < 1.29 is 14.3 Å². The Kier molecular flexibility index (Phi) is 6.06. The smallest absolute Gasteiger partial charge is 0.337 e. The number of hydrogen-bond donors (Lipinski definition) is 2. The van der Waals surface area contributed by atoms with Crippen molar-refractivity contribution >= 4 is 46.5 Å². The molecule has 126 valence electrons. The summed E-state index contributed by atoms with van der Waals surface area (Å²) in [5.74, 6) is -0.742. The Balaban J connectivity index is 2.03. The first-order valence-corrected chi connectivity index (χ1v) is 7.84. The average molecular weight is 367 g/mol. The summed E-state index contributed by atoms with van der Waals surface area (Å²) in [6.45, 7) is 1.85. The number of hydrogen-bond acceptors (Lipinski definition) is 4. The number of halogens is 2. The van der Waals surface area contributed by atoms with Gasteiger partial charge >= 0.3 is 5.97 Å². The molecule has 24 heavy (non-hydrogen) atoms. The van der Waals surface area contributed by atoms with Crippen molar-refractivity contribution in [3.63, 3.8) is 0 Å². The highest BCUT2D eigenvalue weighted by Gasteiger charge is 2.11. The second-order valence-corrected chi connectivity index (χ2v) is 5.89. The minimum atomic E-state index is -0.478. The molecule has 7 heteroatoms. The lowest BCUT2D eigenvalue weighted by molar-refractivity contribution is -0.114. The van der Waals surface area contributed by atoms with Gasteiger partial charge in [-0.15, -0.1) is 0 Å². The normalized spacial score (nSPS) is 10.2. The SMILES string of the molecule is COC(=O)c1ccc(Cl)c(NCC(=O)Nc2cc(Cl)ccc2C)c1. The van der Waals surface area contributed by atoms with Crippen molar-refractivity contribution in [2.75, 3.05) is 24.3 Å². The van der Waals surface area contributed by atoms with Crippen LogP contribution in [0.5, 0.6) is 0 Å². The Labute approximate surface area is 149 Å². The van der Waals surface area contributed by atoms with Crippen molar-refractivity contribution in [2.24, 2.45) is 0 Å². The minimum absolute atomic E-state index is 0.0176. The van der Waals surface area contributed by atoms with Gasteiger partial charge in [-0.2, -0.15) is 0 Å². The van der Waals surface area contributed by atoms with E-state index >= 15 is 0 Å². The predicted molar refractivity (Wildman–Crippen MR) is 96.1 cm³/mol. The van der Waals surface area contributed by atoms with Gasteiger partial charge in [0, 0.05) is 10.7 Å². The first kappa shape index (κ1) is 18.1. The lowest BCUT2D eigenvalue weighted by Gasteiger charge is -2.12. The fourth-order valence-electron chi connectivity index (χ4n) is 2.00. The number of esters is 1. The van der Waals surface area contributed by atoms with Gasteiger partial charge in [0.2, 0.25) is 5.91 Å². The van der Waals surface area contributed by atoms with Crippen molar-refractivity contribution in [1.29, 1.82) is 0 Å². The van der Waals surface area contributed by atoms with E-state index in [0.29, 0.717) is 27.0 Å². The van der Waals surface area contributed by atoms with Crippen LogP contribution in [0.2, 0.25) is 10.0 Å². The van der Waals surface area contributed by atoms with Crippen LogP contribution in [-0.4, -0.2) is 25.5 Å². The van der Waals surface area contributed by atoms with Gasteiger partial charge in [0.05, 0.1) is 29.9 Å². The second kappa shape index (κ2) is 8.04. The lowest BCUT2D eigenvalue weighted by atomic mass is 10.2. The van der Waals surface area contributed by atoms with Gasteiger partial charge in [-0.25, -0.2) is 4.79 Å². The van der Waals surface area contributed by atoms with Gasteiger partial charge in [-0.1, -0.05) is 29.3 Å². The number of carbonyl (C=O) groups is 2. The molecular weight excluding hydrogens is 351 g/mol. The predicted octanol–water partition coefficient (Wildman–Crippen LogP) is 4.14. The van der Waals surface area contributed by atoms with Crippen LogP contribution in [-0.2, 0) is 9.53 Å². The van der Waals surface area contributed by atoms with Gasteiger partial charge in [0.15, 0.2) is 0 Å². The van der Waals surface area contributed by atoms with Crippen LogP contribution in [0.15, 0.2) is 36.4 Å². The summed E-state index contributed by atoms with van der Waals surface area (Å²) < 4.78 is 4.66. The molecule has 0 bridgehead atoms. The third-order valence-electron chi connectivity index (χ3n) is 3.30. The molecule has 1 amide bonds. The molecule has 0 saturated heterocycles. The number of carbonyl (C=O) groups excluding carboxylic acids is 2. The molecule has 0 aliphatic carbocycles. The summed E-state index contributed by atoms with van der Waals surface area (Å²) in [6.07, 6.45) is 0. The topological polar surface area (TPSA) is 67.4 Å². The molecule has 0 aromatic heterocycles. The standard InChI is InChI=1S/C17H16Cl2N2O3/c1-10-3-5-12(18)8-14(10)21-16(22)9-20-15-7-11(17(23)24-2)4-6-13(15)19/h3-8,20H,9H2,1-2H3,(H,21,22). The monoisotopic (exact) mass is 366 g/mol. The van der Waals surface area contributed by atoms with Crippen LogP contribution in [0.1, 0.15) is 15.9 Å². The zero-order valence-corrected chi connectivity index (χ0v) is 14.7. The summed E-state index contributed by atoms with van der Waals surface area (Å²) >= 11 is 12.0. The van der Waals surface area contributed by atoms with E-state index in [-0.39, 0.29) is 12.5 Å². The summed E-state index contributed by atoms with van der Waals surface area (Å²) in [4.78, 5) is 23.6. The molecule has 0 atom stereocenters. The molecule has 0 aliphatic heterocycles. The van der Waals surface area contributed by atoms with Gasteiger partial charge in [0.1, 0.15) is 0 Å². The van der Waals surface area contributed by atoms with Crippen LogP contribution in [0.3, 0.4) is 0 Å². The fourth-order valence-corrected chi connectivity index (χ4v) is 2.36. The number of rotatable bonds is 5. The molecule has 0 aliphatic rings. The first-order chi connectivity index (χ1) is 11.4. The molecule has 0 saturated carbocycles. The molecule has 5 nitrogen and oxygen atoms in total. The number of benzene rings is 2. The first-order valence-electron chi connectivity index (χ1n) is 7.08. The van der Waals surface area contributed by atoms with Gasteiger partial charge in [-0.3, -0.25) is 4.79 Å². The summed E-state index contributed by atoms with van der Waals surface area (Å²) in [6, 6.07) is 9.90. The summed E-state index contributed by atoms with van der Waals surface area (Å²) in [5.41, 5.74) is 2.36. The Hall–Kier alpha value is -2.24. The minimum Gasteiger partial charge on any atom is -0.465 e. The van der Waals surface area contributed by atoms with E-state index in [1.165, 1.54) is 13.2 Å². The van der Waals surface area contributed by atoms with Crippen molar-refractivity contribution in [2.45, 2.75) is 6.92 Å². The van der Waals surface area contributed by atoms with E-state index in [1.807, 2.05) is 13.0 Å². The Morgan fingerprint density at radius 3 is 2.54 bits per heavy atom. The molecular formula is C17H16Cl2N2O3. The van der Waals surface area contributed by atoms with Crippen molar-refractivity contribution in [3.8, 4) is 0 Å². The number of nitrogens with one attached hydrogen (secondary N) is 2. The van der Waals surface area contributed by atoms with E-state index in [1.54, 1.807) is 24.3 Å². The highest BCUT2D eigenvalue weighted by molar-refractivity contribution is 6.33. The Morgan fingerprint density at radius 1 is 1.08 bits per heavy atom. The number of amides is 1. The van der Waals surface area contributed by atoms with E-state index in [9.17, 15) is 9.59 Å².